The first-order valence-corrected chi connectivity index (χ1v) is 13.8. The van der Waals surface area contributed by atoms with Gasteiger partial charge < -0.3 is 0 Å². The molecule has 0 radical (unpaired) electrons. The highest BCUT2D eigenvalue weighted by molar-refractivity contribution is 9.09. The largest absolute Gasteiger partial charge is 0.141 e. The zero-order chi connectivity index (χ0) is 21.6. The molecule has 0 nitrogen and oxygen atoms in total. The average molecular weight is 496 g/mol. The Morgan fingerprint density at radius 1 is 0.484 bits per heavy atom. The third kappa shape index (κ3) is 6.99. The molecule has 31 heavy (non-hydrogen) atoms. The van der Waals surface area contributed by atoms with Gasteiger partial charge in [0, 0.05) is 5.33 Å². The van der Waals surface area contributed by atoms with Crippen LogP contribution in [0.1, 0.15) is 68.1 Å². The number of rotatable bonds is 14. The maximum absolute atomic E-state index is 3.52. The number of hydrogen-bond donors (Lipinski definition) is 0. The molecule has 0 saturated heterocycles. The minimum Gasteiger partial charge on any atom is -0.141 e. The second kappa shape index (κ2) is 13.8. The summed E-state index contributed by atoms with van der Waals surface area (Å²) in [5.41, 5.74) is 4.09. The average Bonchev–Trinajstić information content (AvgIpc) is 2.84. The predicted molar refractivity (Wildman–Crippen MR) is 142 cm³/mol. The molecule has 0 atom stereocenters. The monoisotopic (exact) mass is 494 g/mol. The molecule has 0 N–H and O–H groups in total. The molecule has 0 heterocycles. The molecule has 0 saturated carbocycles. The molecule has 164 valence electrons. The van der Waals surface area contributed by atoms with Crippen molar-refractivity contribution < 1.29 is 0 Å². The number of unbranched alkanes of at least 4 members (excludes halogenated alkanes) is 7. The highest BCUT2D eigenvalue weighted by Crippen LogP contribution is 2.48. The summed E-state index contributed by atoms with van der Waals surface area (Å²) in [6, 6.07) is 33.1. The zero-order valence-electron chi connectivity index (χ0n) is 18.5. The van der Waals surface area contributed by atoms with E-state index in [1.54, 1.807) is 0 Å². The highest BCUT2D eigenvalue weighted by Gasteiger charge is 2.36. The van der Waals surface area contributed by atoms with Crippen molar-refractivity contribution in [3.05, 3.63) is 108 Å². The van der Waals surface area contributed by atoms with Crippen LogP contribution in [0.5, 0.6) is 0 Å². The van der Waals surface area contributed by atoms with Gasteiger partial charge >= 0.3 is 0 Å². The minimum absolute atomic E-state index is 0.167. The van der Waals surface area contributed by atoms with Crippen LogP contribution in [0.3, 0.4) is 0 Å². The Hall–Kier alpha value is -1.51. The first kappa shape index (κ1) is 24.1. The van der Waals surface area contributed by atoms with Gasteiger partial charge in [0.15, 0.2) is 0 Å². The molecule has 3 aromatic carbocycles. The molecule has 0 unspecified atom stereocenters. The van der Waals surface area contributed by atoms with E-state index in [-0.39, 0.29) is 4.75 Å². The third-order valence-electron chi connectivity index (χ3n) is 5.89. The van der Waals surface area contributed by atoms with Crippen molar-refractivity contribution >= 4 is 27.7 Å². The van der Waals surface area contributed by atoms with Crippen LogP contribution in [0.4, 0.5) is 0 Å². The lowest BCUT2D eigenvalue weighted by molar-refractivity contribution is 0.588. The molecule has 2 heteroatoms. The lowest BCUT2D eigenvalue weighted by atomic mass is 9.84. The van der Waals surface area contributed by atoms with Gasteiger partial charge in [-0.15, -0.1) is 11.8 Å². The number of benzene rings is 3. The molecule has 3 rings (SSSR count). The summed E-state index contributed by atoms with van der Waals surface area (Å²) < 4.78 is -0.167. The quantitative estimate of drug-likeness (QED) is 0.122. The lowest BCUT2D eigenvalue weighted by Gasteiger charge is -2.35. The number of halogens is 1. The van der Waals surface area contributed by atoms with Crippen LogP contribution >= 0.6 is 27.7 Å². The number of hydrogen-bond acceptors (Lipinski definition) is 1. The highest BCUT2D eigenvalue weighted by atomic mass is 79.9. The van der Waals surface area contributed by atoms with E-state index in [4.69, 9.17) is 0 Å². The molecule has 0 spiro atoms. The van der Waals surface area contributed by atoms with E-state index in [1.807, 2.05) is 0 Å². The molecule has 0 aromatic heterocycles. The SMILES string of the molecule is BrCCCCCCCCCCSC(c1ccccc1)(c1ccccc1)c1ccccc1. The summed E-state index contributed by atoms with van der Waals surface area (Å²) in [6.07, 6.45) is 10.8. The van der Waals surface area contributed by atoms with Crippen molar-refractivity contribution in [1.29, 1.82) is 0 Å². The summed E-state index contributed by atoms with van der Waals surface area (Å²) in [5.74, 6) is 1.17. The van der Waals surface area contributed by atoms with Gasteiger partial charge in [-0.1, -0.05) is 145 Å². The van der Waals surface area contributed by atoms with E-state index in [9.17, 15) is 0 Å². The van der Waals surface area contributed by atoms with Gasteiger partial charge in [0.2, 0.25) is 0 Å². The third-order valence-corrected chi connectivity index (χ3v) is 8.08. The summed E-state index contributed by atoms with van der Waals surface area (Å²) >= 11 is 5.62. The molecular formula is C29H35BrS. The Morgan fingerprint density at radius 3 is 1.23 bits per heavy atom. The second-order valence-corrected chi connectivity index (χ2v) is 10.2. The van der Waals surface area contributed by atoms with Crippen molar-refractivity contribution in [2.45, 2.75) is 56.1 Å². The smallest absolute Gasteiger partial charge is 0.0906 e. The normalized spacial score (nSPS) is 11.5. The van der Waals surface area contributed by atoms with Crippen LogP contribution in [0.15, 0.2) is 91.0 Å². The van der Waals surface area contributed by atoms with Crippen LogP contribution < -0.4 is 0 Å². The first-order chi connectivity index (χ1) is 15.4. The van der Waals surface area contributed by atoms with Crippen LogP contribution in [0.2, 0.25) is 0 Å². The molecular weight excluding hydrogens is 460 g/mol. The molecule has 0 amide bonds. The van der Waals surface area contributed by atoms with E-state index in [0.29, 0.717) is 0 Å². The van der Waals surface area contributed by atoms with Gasteiger partial charge in [-0.3, -0.25) is 0 Å². The maximum Gasteiger partial charge on any atom is 0.0906 e. The minimum atomic E-state index is -0.167. The topological polar surface area (TPSA) is 0 Å². The summed E-state index contributed by atoms with van der Waals surface area (Å²) in [5, 5.41) is 1.15. The van der Waals surface area contributed by atoms with Gasteiger partial charge in [0.1, 0.15) is 0 Å². The van der Waals surface area contributed by atoms with Gasteiger partial charge in [-0.2, -0.15) is 0 Å². The molecule has 0 aliphatic carbocycles. The molecule has 0 aliphatic rings. The van der Waals surface area contributed by atoms with Gasteiger partial charge in [0.05, 0.1) is 4.75 Å². The lowest BCUT2D eigenvalue weighted by Crippen LogP contribution is -2.26. The van der Waals surface area contributed by atoms with E-state index < -0.39 is 0 Å². The zero-order valence-corrected chi connectivity index (χ0v) is 20.9. The maximum atomic E-state index is 3.52. The first-order valence-electron chi connectivity index (χ1n) is 11.7. The summed E-state index contributed by atoms with van der Waals surface area (Å²) in [6.45, 7) is 0. The molecule has 3 aromatic rings. The van der Waals surface area contributed by atoms with E-state index in [1.165, 1.54) is 73.8 Å². The Balaban J connectivity index is 1.70. The van der Waals surface area contributed by atoms with Gasteiger partial charge in [0.25, 0.3) is 0 Å². The Kier molecular flexibility index (Phi) is 10.8. The molecule has 0 bridgehead atoms. The van der Waals surface area contributed by atoms with Crippen LogP contribution in [-0.4, -0.2) is 11.1 Å². The van der Waals surface area contributed by atoms with Crippen molar-refractivity contribution in [3.63, 3.8) is 0 Å². The Morgan fingerprint density at radius 2 is 0.839 bits per heavy atom. The van der Waals surface area contributed by atoms with Crippen molar-refractivity contribution in [1.82, 2.24) is 0 Å². The fourth-order valence-electron chi connectivity index (χ4n) is 4.25. The van der Waals surface area contributed by atoms with E-state index >= 15 is 0 Å². The van der Waals surface area contributed by atoms with Gasteiger partial charge in [-0.25, -0.2) is 0 Å². The van der Waals surface area contributed by atoms with Gasteiger partial charge in [-0.05, 0) is 35.3 Å². The second-order valence-electron chi connectivity index (χ2n) is 8.15. The molecule has 0 aliphatic heterocycles. The Bertz CT molecular complexity index is 736. The van der Waals surface area contributed by atoms with Crippen molar-refractivity contribution in [2.24, 2.45) is 0 Å². The Labute approximate surface area is 202 Å². The number of thioether (sulfide) groups is 1. The number of alkyl halides is 1. The standard InChI is InChI=1S/C29H35BrS/c30-24-16-5-3-1-2-4-6-17-25-31-29(26-18-10-7-11-19-26,27-20-12-8-13-21-27)28-22-14-9-15-23-28/h7-15,18-23H,1-6,16-17,24-25H2. The van der Waals surface area contributed by atoms with E-state index in [0.717, 1.165) is 5.33 Å². The molecule has 0 fully saturated rings. The van der Waals surface area contributed by atoms with Crippen molar-refractivity contribution in [3.8, 4) is 0 Å². The van der Waals surface area contributed by atoms with Crippen LogP contribution in [0, 0.1) is 0 Å². The predicted octanol–water partition coefficient (Wildman–Crippen LogP) is 9.23. The fraction of sp³-hybridized carbons (Fsp3) is 0.379. The van der Waals surface area contributed by atoms with Crippen LogP contribution in [0.25, 0.3) is 0 Å². The van der Waals surface area contributed by atoms with Crippen molar-refractivity contribution in [2.75, 3.05) is 11.1 Å². The summed E-state index contributed by atoms with van der Waals surface area (Å²) in [4.78, 5) is 0. The summed E-state index contributed by atoms with van der Waals surface area (Å²) in [7, 11) is 0. The fourth-order valence-corrected chi connectivity index (χ4v) is 6.21. The van der Waals surface area contributed by atoms with Crippen LogP contribution in [-0.2, 0) is 4.75 Å². The van der Waals surface area contributed by atoms with E-state index in [2.05, 4.69) is 119 Å².